The fraction of sp³-hybridized carbons (Fsp3) is 0.150. The summed E-state index contributed by atoms with van der Waals surface area (Å²) in [4.78, 5) is 10.9. The van der Waals surface area contributed by atoms with Crippen LogP contribution in [0.25, 0.3) is 10.9 Å². The molecular weight excluding hydrogens is 404 g/mol. The second-order valence-electron chi connectivity index (χ2n) is 6.57. The van der Waals surface area contributed by atoms with E-state index in [0.717, 1.165) is 22.3 Å². The average Bonchev–Trinajstić information content (AvgIpc) is 3.13. The summed E-state index contributed by atoms with van der Waals surface area (Å²) >= 11 is -2.34. The molecule has 0 aliphatic heterocycles. The zero-order valence-corrected chi connectivity index (χ0v) is 17.4. The SMILES string of the molecule is COc1cc(S(=O)[O-])ccc1Nc1nccc(N(C)c2ccc3c(C)[nH]nc3c2)n1. The molecule has 0 aliphatic carbocycles. The van der Waals surface area contributed by atoms with Crippen molar-refractivity contribution < 1.29 is 13.5 Å². The number of aromatic nitrogens is 4. The Morgan fingerprint density at radius 3 is 2.80 bits per heavy atom. The van der Waals surface area contributed by atoms with Gasteiger partial charge in [0.1, 0.15) is 11.6 Å². The van der Waals surface area contributed by atoms with Gasteiger partial charge >= 0.3 is 0 Å². The fourth-order valence-corrected chi connectivity index (χ4v) is 3.45. The van der Waals surface area contributed by atoms with Gasteiger partial charge in [0, 0.05) is 34.9 Å². The Bertz CT molecular complexity index is 1240. The molecule has 0 radical (unpaired) electrons. The lowest BCUT2D eigenvalue weighted by atomic mass is 10.2. The molecule has 154 valence electrons. The molecule has 0 saturated heterocycles. The summed E-state index contributed by atoms with van der Waals surface area (Å²) < 4.78 is 27.6. The Morgan fingerprint density at radius 2 is 2.03 bits per heavy atom. The number of hydrogen-bond acceptors (Lipinski definition) is 8. The number of H-pyrrole nitrogens is 1. The van der Waals surface area contributed by atoms with Gasteiger partial charge in [-0.2, -0.15) is 10.1 Å². The smallest absolute Gasteiger partial charge is 0.229 e. The maximum Gasteiger partial charge on any atom is 0.229 e. The van der Waals surface area contributed by atoms with Crippen LogP contribution in [0.1, 0.15) is 5.69 Å². The van der Waals surface area contributed by atoms with Crippen molar-refractivity contribution in [3.05, 3.63) is 54.4 Å². The first kappa shape index (κ1) is 19.8. The van der Waals surface area contributed by atoms with Crippen LogP contribution in [0, 0.1) is 6.92 Å². The van der Waals surface area contributed by atoms with Crippen molar-refractivity contribution in [2.24, 2.45) is 0 Å². The molecule has 9 nitrogen and oxygen atoms in total. The number of hydrogen-bond donors (Lipinski definition) is 2. The zero-order valence-electron chi connectivity index (χ0n) is 16.5. The van der Waals surface area contributed by atoms with E-state index in [2.05, 4.69) is 25.5 Å². The van der Waals surface area contributed by atoms with Crippen LogP contribution in [0.3, 0.4) is 0 Å². The Labute approximate surface area is 175 Å². The Balaban J connectivity index is 1.61. The van der Waals surface area contributed by atoms with Gasteiger partial charge in [0.05, 0.1) is 18.3 Å². The van der Waals surface area contributed by atoms with Gasteiger partial charge in [-0.3, -0.25) is 9.31 Å². The van der Waals surface area contributed by atoms with E-state index in [1.54, 1.807) is 18.3 Å². The highest BCUT2D eigenvalue weighted by atomic mass is 32.2. The second-order valence-corrected chi connectivity index (χ2v) is 7.51. The molecule has 0 bridgehead atoms. The van der Waals surface area contributed by atoms with E-state index in [1.165, 1.54) is 19.2 Å². The second kappa shape index (κ2) is 8.09. The van der Waals surface area contributed by atoms with Gasteiger partial charge in [0.2, 0.25) is 5.95 Å². The first-order chi connectivity index (χ1) is 14.5. The number of anilines is 4. The van der Waals surface area contributed by atoms with Gasteiger partial charge in [0.25, 0.3) is 0 Å². The molecule has 0 spiro atoms. The van der Waals surface area contributed by atoms with Crippen molar-refractivity contribution in [2.45, 2.75) is 11.8 Å². The first-order valence-corrected chi connectivity index (χ1v) is 10.1. The van der Waals surface area contributed by atoms with Crippen LogP contribution < -0.4 is 15.0 Å². The quantitative estimate of drug-likeness (QED) is 0.453. The number of rotatable bonds is 6. The van der Waals surface area contributed by atoms with Crippen molar-refractivity contribution >= 4 is 45.1 Å². The molecule has 30 heavy (non-hydrogen) atoms. The number of ether oxygens (including phenoxy) is 1. The standard InChI is InChI=1S/C20H20N6O3S/c1-12-15-6-4-13(10-17(15)25-24-12)26(2)19-8-9-21-20(23-19)22-16-7-5-14(30(27)28)11-18(16)29-3/h4-11H,1-3H3,(H,24,25)(H,27,28)(H,21,22,23)/p-1. The largest absolute Gasteiger partial charge is 0.768 e. The molecule has 0 aliphatic rings. The van der Waals surface area contributed by atoms with Crippen molar-refractivity contribution in [3.8, 4) is 5.75 Å². The number of nitrogens with one attached hydrogen (secondary N) is 2. The maximum absolute atomic E-state index is 11.2. The predicted octanol–water partition coefficient (Wildman–Crippen LogP) is 3.42. The molecule has 4 rings (SSSR count). The summed E-state index contributed by atoms with van der Waals surface area (Å²) in [6.07, 6.45) is 1.64. The summed E-state index contributed by atoms with van der Waals surface area (Å²) in [5.74, 6) is 1.40. The molecule has 0 amide bonds. The van der Waals surface area contributed by atoms with Crippen LogP contribution in [0.15, 0.2) is 53.6 Å². The van der Waals surface area contributed by atoms with Gasteiger partial charge in [-0.25, -0.2) is 4.98 Å². The molecule has 2 aromatic heterocycles. The van der Waals surface area contributed by atoms with Crippen molar-refractivity contribution in [1.29, 1.82) is 0 Å². The highest BCUT2D eigenvalue weighted by Crippen LogP contribution is 2.30. The minimum atomic E-state index is -2.34. The summed E-state index contributed by atoms with van der Waals surface area (Å²) in [7, 11) is 3.38. The van der Waals surface area contributed by atoms with Crippen LogP contribution in [0.5, 0.6) is 5.75 Å². The summed E-state index contributed by atoms with van der Waals surface area (Å²) in [6.45, 7) is 1.98. The van der Waals surface area contributed by atoms with Crippen molar-refractivity contribution in [1.82, 2.24) is 20.2 Å². The monoisotopic (exact) mass is 423 g/mol. The predicted molar refractivity (Wildman–Crippen MR) is 114 cm³/mol. The van der Waals surface area contributed by atoms with Crippen molar-refractivity contribution in [2.75, 3.05) is 24.4 Å². The van der Waals surface area contributed by atoms with E-state index in [1.807, 2.05) is 37.1 Å². The first-order valence-electron chi connectivity index (χ1n) is 9.02. The van der Waals surface area contributed by atoms with Crippen LogP contribution in [-0.2, 0) is 11.1 Å². The minimum Gasteiger partial charge on any atom is -0.768 e. The third-order valence-electron chi connectivity index (χ3n) is 4.71. The lowest BCUT2D eigenvalue weighted by molar-refractivity contribution is 0.415. The molecule has 1 unspecified atom stereocenters. The van der Waals surface area contributed by atoms with Crippen LogP contribution in [0.4, 0.5) is 23.1 Å². The lowest BCUT2D eigenvalue weighted by Crippen LogP contribution is -2.12. The van der Waals surface area contributed by atoms with Gasteiger partial charge in [-0.15, -0.1) is 0 Å². The third kappa shape index (κ3) is 3.82. The molecule has 0 saturated carbocycles. The minimum absolute atomic E-state index is 0.135. The van der Waals surface area contributed by atoms with E-state index in [-0.39, 0.29) is 4.90 Å². The fourth-order valence-electron chi connectivity index (χ4n) is 3.07. The highest BCUT2D eigenvalue weighted by Gasteiger charge is 2.11. The molecule has 4 aromatic rings. The van der Waals surface area contributed by atoms with E-state index in [4.69, 9.17) is 4.74 Å². The molecule has 2 aromatic carbocycles. The Hall–Kier alpha value is -3.50. The number of methoxy groups -OCH3 is 1. The van der Waals surface area contributed by atoms with Gasteiger partial charge < -0.3 is 19.5 Å². The van der Waals surface area contributed by atoms with Crippen LogP contribution in [0.2, 0.25) is 0 Å². The molecule has 2 N–H and O–H groups in total. The molecular formula is C20H19N6O3S-. The maximum atomic E-state index is 11.2. The summed E-state index contributed by atoms with van der Waals surface area (Å²) in [5.41, 5.74) is 3.39. The summed E-state index contributed by atoms with van der Waals surface area (Å²) in [5, 5.41) is 11.5. The Kier molecular flexibility index (Phi) is 5.34. The number of fused-ring (bicyclic) bond motifs is 1. The normalized spacial score (nSPS) is 12.0. The Morgan fingerprint density at radius 1 is 1.20 bits per heavy atom. The lowest BCUT2D eigenvalue weighted by Gasteiger charge is -2.19. The van der Waals surface area contributed by atoms with Crippen LogP contribution in [-0.4, -0.2) is 43.1 Å². The molecule has 10 heteroatoms. The average molecular weight is 423 g/mol. The van der Waals surface area contributed by atoms with E-state index < -0.39 is 11.1 Å². The van der Waals surface area contributed by atoms with Gasteiger partial charge in [-0.1, -0.05) is 0 Å². The summed E-state index contributed by atoms with van der Waals surface area (Å²) in [6, 6.07) is 12.3. The molecule has 0 fully saturated rings. The number of nitrogens with zero attached hydrogens (tertiary/aromatic N) is 4. The van der Waals surface area contributed by atoms with E-state index in [9.17, 15) is 8.76 Å². The van der Waals surface area contributed by atoms with E-state index in [0.29, 0.717) is 23.2 Å². The third-order valence-corrected chi connectivity index (χ3v) is 5.35. The highest BCUT2D eigenvalue weighted by molar-refractivity contribution is 7.79. The van der Waals surface area contributed by atoms with Crippen LogP contribution >= 0.6 is 0 Å². The van der Waals surface area contributed by atoms with Gasteiger partial charge in [-0.05, 0) is 60.5 Å². The molecule has 2 heterocycles. The van der Waals surface area contributed by atoms with E-state index >= 15 is 0 Å². The topological polar surface area (TPSA) is 119 Å². The van der Waals surface area contributed by atoms with Crippen molar-refractivity contribution in [3.63, 3.8) is 0 Å². The number of aromatic amines is 1. The zero-order chi connectivity index (χ0) is 21.3. The number of benzene rings is 2. The number of aryl methyl sites for hydroxylation is 1. The van der Waals surface area contributed by atoms with Gasteiger partial charge in [0.15, 0.2) is 0 Å². The molecule has 1 atom stereocenters.